The number of aromatic nitrogens is 4. The number of rotatable bonds is 8. The zero-order valence-electron chi connectivity index (χ0n) is 23.9. The molecule has 0 radical (unpaired) electrons. The lowest BCUT2D eigenvalue weighted by atomic mass is 10.1. The van der Waals surface area contributed by atoms with Gasteiger partial charge in [-0.15, -0.1) is 0 Å². The molecule has 10 heteroatoms. The lowest BCUT2D eigenvalue weighted by Crippen LogP contribution is -2.44. The third kappa shape index (κ3) is 5.11. The van der Waals surface area contributed by atoms with Crippen molar-refractivity contribution in [2.45, 2.75) is 33.2 Å². The monoisotopic (exact) mass is 552 g/mol. The van der Waals surface area contributed by atoms with Gasteiger partial charge in [-0.2, -0.15) is 4.98 Å². The first-order chi connectivity index (χ1) is 20.0. The normalized spacial score (nSPS) is 15.8. The topological polar surface area (TPSA) is 91.5 Å². The maximum atomic E-state index is 13.5. The molecule has 0 saturated carbocycles. The third-order valence-corrected chi connectivity index (χ3v) is 7.88. The summed E-state index contributed by atoms with van der Waals surface area (Å²) in [5.74, 6) is 0.515. The number of fused-ring (bicyclic) bond motifs is 2. The van der Waals surface area contributed by atoms with Crippen LogP contribution in [0.5, 0.6) is 0 Å². The van der Waals surface area contributed by atoms with Crippen LogP contribution in [0.4, 0.5) is 23.0 Å². The fourth-order valence-corrected chi connectivity index (χ4v) is 5.62. The van der Waals surface area contributed by atoms with Gasteiger partial charge in [-0.3, -0.25) is 9.59 Å². The van der Waals surface area contributed by atoms with Crippen molar-refractivity contribution in [2.24, 2.45) is 0 Å². The Morgan fingerprint density at radius 2 is 1.76 bits per heavy atom. The van der Waals surface area contributed by atoms with Crippen LogP contribution in [-0.2, 0) is 17.8 Å². The summed E-state index contributed by atoms with van der Waals surface area (Å²) in [4.78, 5) is 42.0. The number of amides is 1. The molecule has 1 saturated heterocycles. The van der Waals surface area contributed by atoms with Crippen molar-refractivity contribution < 1.29 is 4.79 Å². The third-order valence-electron chi connectivity index (χ3n) is 7.88. The van der Waals surface area contributed by atoms with Crippen LogP contribution in [0.3, 0.4) is 0 Å². The molecule has 4 aromatic rings. The molecule has 1 N–H and O–H groups in total. The standard InChI is InChI=1S/C31H36N8O2/c1-4-6-14-38-30(41)26-21-32-31(33-23-8-11-24(12-9-23)36-17-15-35(3)16-18-36)34-29(26)39(38)25-10-7-22-19-28(40)37(13-5-2)27(22)20-25/h4,6-12,20-21H,5,13-19H2,1-3H3,(H,32,33,34)/b6-4-. The van der Waals surface area contributed by atoms with E-state index < -0.39 is 0 Å². The maximum Gasteiger partial charge on any atom is 0.278 e. The van der Waals surface area contributed by atoms with Gasteiger partial charge in [0.05, 0.1) is 18.7 Å². The van der Waals surface area contributed by atoms with E-state index in [1.54, 1.807) is 10.9 Å². The highest BCUT2D eigenvalue weighted by Gasteiger charge is 2.28. The summed E-state index contributed by atoms with van der Waals surface area (Å²) < 4.78 is 3.50. The molecule has 212 valence electrons. The number of allylic oxidation sites excluding steroid dienone is 2. The van der Waals surface area contributed by atoms with Crippen LogP contribution in [0.2, 0.25) is 0 Å². The van der Waals surface area contributed by atoms with Gasteiger partial charge in [-0.1, -0.05) is 25.1 Å². The van der Waals surface area contributed by atoms with Crippen LogP contribution in [-0.4, -0.2) is 69.9 Å². The second-order valence-corrected chi connectivity index (χ2v) is 10.7. The Labute approximate surface area is 239 Å². The Hall–Kier alpha value is -4.44. The smallest absolute Gasteiger partial charge is 0.278 e. The minimum atomic E-state index is -0.164. The van der Waals surface area contributed by atoms with Crippen molar-refractivity contribution in [1.29, 1.82) is 0 Å². The number of anilines is 4. The zero-order chi connectivity index (χ0) is 28.5. The van der Waals surface area contributed by atoms with E-state index in [9.17, 15) is 9.59 Å². The van der Waals surface area contributed by atoms with Gasteiger partial charge in [-0.25, -0.2) is 14.3 Å². The van der Waals surface area contributed by atoms with Gasteiger partial charge >= 0.3 is 0 Å². The molecule has 0 unspecified atom stereocenters. The number of hydrogen-bond donors (Lipinski definition) is 1. The Morgan fingerprint density at radius 3 is 2.49 bits per heavy atom. The first kappa shape index (κ1) is 26.8. The van der Waals surface area contributed by atoms with Gasteiger partial charge in [0.15, 0.2) is 5.65 Å². The van der Waals surface area contributed by atoms with Crippen LogP contribution in [0.1, 0.15) is 25.8 Å². The molecule has 0 spiro atoms. The molecule has 2 aliphatic heterocycles. The molecular weight excluding hydrogens is 516 g/mol. The minimum absolute atomic E-state index is 0.107. The lowest BCUT2D eigenvalue weighted by molar-refractivity contribution is -0.117. The Kier molecular flexibility index (Phi) is 7.32. The van der Waals surface area contributed by atoms with E-state index in [4.69, 9.17) is 4.98 Å². The summed E-state index contributed by atoms with van der Waals surface area (Å²) in [6, 6.07) is 14.2. The first-order valence-electron chi connectivity index (χ1n) is 14.3. The van der Waals surface area contributed by atoms with Crippen molar-refractivity contribution in [3.05, 3.63) is 76.7 Å². The highest BCUT2D eigenvalue weighted by atomic mass is 16.2. The van der Waals surface area contributed by atoms with Gasteiger partial charge in [0.1, 0.15) is 5.39 Å². The minimum Gasteiger partial charge on any atom is -0.369 e. The summed E-state index contributed by atoms with van der Waals surface area (Å²) in [6.45, 7) is 9.18. The Balaban J connectivity index is 1.36. The number of likely N-dealkylation sites (N-methyl/N-ethyl adjacent to an activating group) is 1. The number of carbonyl (C=O) groups excluding carboxylic acids is 1. The van der Waals surface area contributed by atoms with E-state index in [0.29, 0.717) is 36.5 Å². The van der Waals surface area contributed by atoms with E-state index in [-0.39, 0.29) is 11.5 Å². The average molecular weight is 553 g/mol. The number of nitrogens with zero attached hydrogens (tertiary/aromatic N) is 7. The summed E-state index contributed by atoms with van der Waals surface area (Å²) >= 11 is 0. The van der Waals surface area contributed by atoms with Crippen molar-refractivity contribution >= 4 is 40.0 Å². The molecule has 41 heavy (non-hydrogen) atoms. The number of benzene rings is 2. The first-order valence-corrected chi connectivity index (χ1v) is 14.3. The van der Waals surface area contributed by atoms with Crippen LogP contribution < -0.4 is 20.7 Å². The largest absolute Gasteiger partial charge is 0.369 e. The highest BCUT2D eigenvalue weighted by molar-refractivity contribution is 6.01. The molecule has 1 amide bonds. The molecule has 0 aliphatic carbocycles. The molecule has 1 fully saturated rings. The van der Waals surface area contributed by atoms with Crippen LogP contribution in [0, 0.1) is 0 Å². The molecule has 2 aromatic carbocycles. The Morgan fingerprint density at radius 1 is 1.00 bits per heavy atom. The molecule has 10 nitrogen and oxygen atoms in total. The predicted octanol–water partition coefficient (Wildman–Crippen LogP) is 3.95. The second-order valence-electron chi connectivity index (χ2n) is 10.7. The number of hydrogen-bond acceptors (Lipinski definition) is 7. The average Bonchev–Trinajstić information content (AvgIpc) is 3.44. The van der Waals surface area contributed by atoms with Gasteiger partial charge in [0.2, 0.25) is 11.9 Å². The van der Waals surface area contributed by atoms with Gasteiger partial charge in [-0.05, 0) is 62.4 Å². The number of piperazine rings is 1. The van der Waals surface area contributed by atoms with Gasteiger partial charge in [0, 0.05) is 56.0 Å². The quantitative estimate of drug-likeness (QED) is 0.331. The molecule has 4 heterocycles. The molecule has 2 aliphatic rings. The molecule has 2 aromatic heterocycles. The molecule has 0 bridgehead atoms. The fraction of sp³-hybridized carbons (Fsp3) is 0.355. The van der Waals surface area contributed by atoms with Crippen molar-refractivity contribution in [2.75, 3.05) is 54.9 Å². The van der Waals surface area contributed by atoms with Crippen molar-refractivity contribution in [3.8, 4) is 5.69 Å². The molecule has 6 rings (SSSR count). The van der Waals surface area contributed by atoms with E-state index in [2.05, 4.69) is 46.2 Å². The van der Waals surface area contributed by atoms with E-state index in [0.717, 1.165) is 55.2 Å². The van der Waals surface area contributed by atoms with Crippen LogP contribution in [0.25, 0.3) is 16.7 Å². The maximum absolute atomic E-state index is 13.5. The summed E-state index contributed by atoms with van der Waals surface area (Å²) in [7, 11) is 2.15. The Bertz CT molecular complexity index is 1660. The van der Waals surface area contributed by atoms with Gasteiger partial charge in [0.25, 0.3) is 5.56 Å². The molecular formula is C31H36N8O2. The summed E-state index contributed by atoms with van der Waals surface area (Å²) in [5, 5.41) is 3.75. The van der Waals surface area contributed by atoms with E-state index >= 15 is 0 Å². The van der Waals surface area contributed by atoms with E-state index in [1.165, 1.54) is 5.69 Å². The second kappa shape index (κ2) is 11.2. The zero-order valence-corrected chi connectivity index (χ0v) is 23.9. The number of nitrogens with one attached hydrogen (secondary N) is 1. The molecule has 0 atom stereocenters. The summed E-state index contributed by atoms with van der Waals surface area (Å²) in [6.07, 6.45) is 6.72. The lowest BCUT2D eigenvalue weighted by Gasteiger charge is -2.34. The van der Waals surface area contributed by atoms with Gasteiger partial charge < -0.3 is 20.0 Å². The fourth-order valence-electron chi connectivity index (χ4n) is 5.62. The predicted molar refractivity (Wildman–Crippen MR) is 164 cm³/mol. The van der Waals surface area contributed by atoms with Crippen LogP contribution in [0.15, 0.2) is 65.6 Å². The van der Waals surface area contributed by atoms with Crippen LogP contribution >= 0.6 is 0 Å². The van der Waals surface area contributed by atoms with Crippen molar-refractivity contribution in [3.63, 3.8) is 0 Å². The van der Waals surface area contributed by atoms with E-state index in [1.807, 2.05) is 59.0 Å². The summed E-state index contributed by atoms with van der Waals surface area (Å²) in [5.41, 5.74) is 5.09. The SMILES string of the molecule is C/C=C\Cn1c(=O)c2cnc(Nc3ccc(N4CCN(C)CC4)cc3)nc2n1-c1ccc2c(c1)N(CCC)C(=O)C2. The number of carbonyl (C=O) groups is 1. The highest BCUT2D eigenvalue weighted by Crippen LogP contribution is 2.32. The van der Waals surface area contributed by atoms with Crippen molar-refractivity contribution in [1.82, 2.24) is 24.2 Å².